The summed E-state index contributed by atoms with van der Waals surface area (Å²) in [5, 5.41) is 12.5. The molecule has 0 saturated heterocycles. The summed E-state index contributed by atoms with van der Waals surface area (Å²) in [6.07, 6.45) is 5.70. The van der Waals surface area contributed by atoms with Gasteiger partial charge in [0, 0.05) is 36.9 Å². The average molecular weight is 307 g/mol. The van der Waals surface area contributed by atoms with E-state index in [1.54, 1.807) is 0 Å². The van der Waals surface area contributed by atoms with Crippen LogP contribution in [0.3, 0.4) is 0 Å². The molecule has 1 atom stereocenters. The minimum Gasteiger partial charge on any atom is -0.487 e. The van der Waals surface area contributed by atoms with Gasteiger partial charge in [-0.2, -0.15) is 11.8 Å². The molecule has 0 bridgehead atoms. The van der Waals surface area contributed by atoms with Gasteiger partial charge in [-0.25, -0.2) is 0 Å². The molecule has 2 N–H and O–H groups in total. The molecule has 1 aliphatic carbocycles. The van der Waals surface area contributed by atoms with Gasteiger partial charge in [0.25, 0.3) is 0 Å². The lowest BCUT2D eigenvalue weighted by Crippen LogP contribution is -2.49. The zero-order valence-electron chi connectivity index (χ0n) is 12.5. The van der Waals surface area contributed by atoms with Crippen LogP contribution in [-0.2, 0) is 0 Å². The maximum Gasteiger partial charge on any atom is 0.124 e. The maximum absolute atomic E-state index is 8.78. The third-order valence-electron chi connectivity index (χ3n) is 4.55. The Morgan fingerprint density at radius 2 is 2.14 bits per heavy atom. The molecule has 0 aromatic heterocycles. The highest BCUT2D eigenvalue weighted by Gasteiger charge is 2.45. The number of thioether (sulfide) groups is 1. The molecule has 1 saturated carbocycles. The lowest BCUT2D eigenvalue weighted by Gasteiger charge is -2.48. The summed E-state index contributed by atoms with van der Waals surface area (Å²) in [5.41, 5.74) is 1.42. The first kappa shape index (κ1) is 15.2. The Labute approximate surface area is 131 Å². The Morgan fingerprint density at radius 1 is 1.29 bits per heavy atom. The van der Waals surface area contributed by atoms with Crippen LogP contribution < -0.4 is 10.1 Å². The van der Waals surface area contributed by atoms with E-state index < -0.39 is 0 Å². The molecule has 3 rings (SSSR count). The first-order valence-electron chi connectivity index (χ1n) is 8.03. The Balaban J connectivity index is 1.56. The van der Waals surface area contributed by atoms with E-state index in [4.69, 9.17) is 9.84 Å². The SMILES string of the molecule is OCCCSCCNC1CC2(CCC2)Oc2ccccc21. The third kappa shape index (κ3) is 3.55. The van der Waals surface area contributed by atoms with Crippen LogP contribution >= 0.6 is 11.8 Å². The zero-order chi connectivity index (χ0) is 14.5. The van der Waals surface area contributed by atoms with Gasteiger partial charge in [-0.1, -0.05) is 18.2 Å². The van der Waals surface area contributed by atoms with Crippen LogP contribution in [0.4, 0.5) is 0 Å². The molecule has 1 unspecified atom stereocenters. The van der Waals surface area contributed by atoms with Gasteiger partial charge in [0.05, 0.1) is 0 Å². The van der Waals surface area contributed by atoms with Crippen molar-refractivity contribution in [2.45, 2.75) is 43.7 Å². The van der Waals surface area contributed by atoms with Crippen LogP contribution in [0.25, 0.3) is 0 Å². The second-order valence-electron chi connectivity index (χ2n) is 6.08. The van der Waals surface area contributed by atoms with Crippen molar-refractivity contribution in [2.75, 3.05) is 24.7 Å². The number of benzene rings is 1. The molecule has 1 fully saturated rings. The molecule has 1 aromatic carbocycles. The number of aliphatic hydroxyl groups excluding tert-OH is 1. The molecule has 0 radical (unpaired) electrons. The van der Waals surface area contributed by atoms with Crippen molar-refractivity contribution in [3.63, 3.8) is 0 Å². The van der Waals surface area contributed by atoms with Gasteiger partial charge in [-0.3, -0.25) is 0 Å². The molecule has 0 amide bonds. The fourth-order valence-corrected chi connectivity index (χ4v) is 4.05. The van der Waals surface area contributed by atoms with Crippen LogP contribution in [-0.4, -0.2) is 35.4 Å². The molecule has 116 valence electrons. The minimum absolute atomic E-state index is 0.107. The van der Waals surface area contributed by atoms with Gasteiger partial charge in [0.1, 0.15) is 11.4 Å². The van der Waals surface area contributed by atoms with Crippen LogP contribution in [0, 0.1) is 0 Å². The van der Waals surface area contributed by atoms with E-state index >= 15 is 0 Å². The van der Waals surface area contributed by atoms with Crippen LogP contribution in [0.2, 0.25) is 0 Å². The largest absolute Gasteiger partial charge is 0.487 e. The van der Waals surface area contributed by atoms with E-state index in [9.17, 15) is 0 Å². The molecule has 1 heterocycles. The molecule has 2 aliphatic rings. The normalized spacial score (nSPS) is 22.4. The smallest absolute Gasteiger partial charge is 0.124 e. The van der Waals surface area contributed by atoms with Gasteiger partial charge >= 0.3 is 0 Å². The Bertz CT molecular complexity index is 462. The standard InChI is InChI=1S/C17H25NO2S/c19-10-4-11-21-12-9-18-15-13-17(7-3-8-17)20-16-6-2-1-5-14(15)16/h1-2,5-6,15,18-19H,3-4,7-13H2. The molecule has 3 nitrogen and oxygen atoms in total. The summed E-state index contributed by atoms with van der Waals surface area (Å²) >= 11 is 1.91. The highest BCUT2D eigenvalue weighted by atomic mass is 32.2. The fraction of sp³-hybridized carbons (Fsp3) is 0.647. The predicted octanol–water partition coefficient (Wildman–Crippen LogP) is 3.14. The van der Waals surface area contributed by atoms with Crippen LogP contribution in [0.15, 0.2) is 24.3 Å². The molecular weight excluding hydrogens is 282 g/mol. The van der Waals surface area contributed by atoms with Crippen molar-refractivity contribution in [3.8, 4) is 5.75 Å². The Kier molecular flexibility index (Phi) is 5.09. The lowest BCUT2D eigenvalue weighted by molar-refractivity contribution is -0.0366. The second kappa shape index (κ2) is 7.03. The number of rotatable bonds is 7. The van der Waals surface area contributed by atoms with E-state index in [2.05, 4.69) is 29.6 Å². The average Bonchev–Trinajstić information content (AvgIpc) is 2.49. The highest BCUT2D eigenvalue weighted by Crippen LogP contribution is 2.48. The Hall–Kier alpha value is -0.710. The third-order valence-corrected chi connectivity index (χ3v) is 5.62. The van der Waals surface area contributed by atoms with Crippen molar-refractivity contribution < 1.29 is 9.84 Å². The van der Waals surface area contributed by atoms with Crippen molar-refractivity contribution in [2.24, 2.45) is 0 Å². The second-order valence-corrected chi connectivity index (χ2v) is 7.30. The number of hydrogen-bond acceptors (Lipinski definition) is 4. The molecule has 1 aromatic rings. The number of para-hydroxylation sites is 1. The fourth-order valence-electron chi connectivity index (χ4n) is 3.25. The molecule has 1 spiro atoms. The number of fused-ring (bicyclic) bond motifs is 1. The summed E-state index contributed by atoms with van der Waals surface area (Å²) in [6, 6.07) is 8.90. The summed E-state index contributed by atoms with van der Waals surface area (Å²) in [5.74, 6) is 3.23. The van der Waals surface area contributed by atoms with E-state index in [1.165, 1.54) is 24.8 Å². The topological polar surface area (TPSA) is 41.5 Å². The molecule has 4 heteroatoms. The quantitative estimate of drug-likeness (QED) is 0.759. The van der Waals surface area contributed by atoms with Crippen molar-refractivity contribution in [1.29, 1.82) is 0 Å². The van der Waals surface area contributed by atoms with E-state index in [0.717, 1.165) is 36.6 Å². The first-order valence-corrected chi connectivity index (χ1v) is 9.18. The van der Waals surface area contributed by atoms with Gasteiger partial charge in [0.2, 0.25) is 0 Å². The maximum atomic E-state index is 8.78. The predicted molar refractivity (Wildman–Crippen MR) is 88.0 cm³/mol. The van der Waals surface area contributed by atoms with Gasteiger partial charge in [0.15, 0.2) is 0 Å². The summed E-state index contributed by atoms with van der Waals surface area (Å²) in [4.78, 5) is 0. The summed E-state index contributed by atoms with van der Waals surface area (Å²) in [6.45, 7) is 1.32. The lowest BCUT2D eigenvalue weighted by atomic mass is 9.73. The minimum atomic E-state index is 0.107. The Morgan fingerprint density at radius 3 is 2.90 bits per heavy atom. The van der Waals surface area contributed by atoms with Crippen LogP contribution in [0.5, 0.6) is 5.75 Å². The molecular formula is C17H25NO2S. The van der Waals surface area contributed by atoms with Gasteiger partial charge in [-0.15, -0.1) is 0 Å². The van der Waals surface area contributed by atoms with Crippen molar-refractivity contribution in [1.82, 2.24) is 5.32 Å². The molecule has 1 aliphatic heterocycles. The number of nitrogens with one attached hydrogen (secondary N) is 1. The zero-order valence-corrected chi connectivity index (χ0v) is 13.3. The number of ether oxygens (including phenoxy) is 1. The van der Waals surface area contributed by atoms with Crippen molar-refractivity contribution >= 4 is 11.8 Å². The number of hydrogen-bond donors (Lipinski definition) is 2. The molecule has 21 heavy (non-hydrogen) atoms. The van der Waals surface area contributed by atoms with Gasteiger partial charge < -0.3 is 15.2 Å². The first-order chi connectivity index (χ1) is 10.3. The van der Waals surface area contributed by atoms with E-state index in [-0.39, 0.29) is 5.60 Å². The summed E-state index contributed by atoms with van der Waals surface area (Å²) in [7, 11) is 0. The van der Waals surface area contributed by atoms with Crippen LogP contribution in [0.1, 0.15) is 43.7 Å². The monoisotopic (exact) mass is 307 g/mol. The van der Waals surface area contributed by atoms with E-state index in [0.29, 0.717) is 12.6 Å². The van der Waals surface area contributed by atoms with E-state index in [1.807, 2.05) is 11.8 Å². The summed E-state index contributed by atoms with van der Waals surface area (Å²) < 4.78 is 6.27. The van der Waals surface area contributed by atoms with Crippen molar-refractivity contribution in [3.05, 3.63) is 29.8 Å². The van der Waals surface area contributed by atoms with Gasteiger partial charge in [-0.05, 0) is 37.5 Å². The number of aliphatic hydroxyl groups is 1. The highest BCUT2D eigenvalue weighted by molar-refractivity contribution is 7.99.